The van der Waals surface area contributed by atoms with Gasteiger partial charge in [-0.2, -0.15) is 4.31 Å². The second-order valence-electron chi connectivity index (χ2n) is 10.3. The number of fused-ring (bicyclic) bond motifs is 2. The maximum absolute atomic E-state index is 12.5. The third-order valence-electron chi connectivity index (χ3n) is 6.49. The van der Waals surface area contributed by atoms with Crippen LogP contribution in [0.5, 0.6) is 0 Å². The second kappa shape index (κ2) is 13.0. The lowest BCUT2D eigenvalue weighted by Crippen LogP contribution is -2.39. The summed E-state index contributed by atoms with van der Waals surface area (Å²) in [7, 11) is -10.8. The van der Waals surface area contributed by atoms with Crippen molar-refractivity contribution in [3.8, 4) is 0 Å². The largest absolute Gasteiger partial charge is 0.511 e. The number of anilines is 1. The highest BCUT2D eigenvalue weighted by molar-refractivity contribution is 7.61. The molecule has 2 aromatic rings. The molecule has 3 fully saturated rings. The molecule has 0 bridgehead atoms. The highest BCUT2D eigenvalue weighted by Crippen LogP contribution is 2.60. The van der Waals surface area contributed by atoms with Crippen molar-refractivity contribution in [1.82, 2.24) is 19.5 Å². The van der Waals surface area contributed by atoms with Gasteiger partial charge in [-0.3, -0.25) is 13.6 Å². The lowest BCUT2D eigenvalue weighted by molar-refractivity contribution is -0.104. The minimum atomic E-state index is -5.40. The number of aromatic nitrogens is 4. The number of nitrogens with two attached hydrogens (primary N) is 1. The highest BCUT2D eigenvalue weighted by atomic mass is 31.3. The molecule has 0 aromatic carbocycles. The van der Waals surface area contributed by atoms with E-state index in [0.717, 1.165) is 6.33 Å². The van der Waals surface area contributed by atoms with Gasteiger partial charge in [0.25, 0.3) is 0 Å². The summed E-state index contributed by atoms with van der Waals surface area (Å²) in [5.74, 6) is 0.0136. The molecule has 2 unspecified atom stereocenters. The number of phosphoric ester groups is 2. The van der Waals surface area contributed by atoms with Crippen LogP contribution >= 0.6 is 15.6 Å². The van der Waals surface area contributed by atoms with Gasteiger partial charge in [-0.05, 0) is 5.92 Å². The average Bonchev–Trinajstić information content (AvgIpc) is 3.69. The Kier molecular flexibility index (Phi) is 9.64. The standard InChI is InChI=1S/C21H29N5O17P2/c1-8(2)3-35-20(29)40-14-10(39-19-15(14)41-21(30)42-19)5-37-45(33,34)43-44(31,32)36-4-9-12(27)13(28)18(38-9)26-7-25-11-16(22)23-6-24-17(11)26/h6-10,12-15,18-19,27-28H,3-5H2,1-2H3,(H,31,32)(H,33,34)(H2,22,23,24)/t9-,10-,12-,13-,14-,15-,18-,19-/m1/s1. The molecule has 250 valence electrons. The van der Waals surface area contributed by atoms with E-state index >= 15 is 0 Å². The molecular formula is C21H29N5O17P2. The minimum absolute atomic E-state index is 0.00349. The van der Waals surface area contributed by atoms with Crippen LogP contribution in [0.15, 0.2) is 12.7 Å². The molecule has 6 N–H and O–H groups in total. The van der Waals surface area contributed by atoms with Gasteiger partial charge in [0.2, 0.25) is 12.4 Å². The summed E-state index contributed by atoms with van der Waals surface area (Å²) < 4.78 is 70.7. The lowest BCUT2D eigenvalue weighted by Gasteiger charge is -2.22. The van der Waals surface area contributed by atoms with E-state index in [4.69, 9.17) is 43.2 Å². The number of ether oxygens (including phenoxy) is 6. The molecule has 22 nitrogen and oxygen atoms in total. The van der Waals surface area contributed by atoms with E-state index in [2.05, 4.69) is 19.3 Å². The van der Waals surface area contributed by atoms with Crippen molar-refractivity contribution in [2.24, 2.45) is 5.92 Å². The monoisotopic (exact) mass is 685 g/mol. The van der Waals surface area contributed by atoms with Crippen LogP contribution in [0, 0.1) is 5.92 Å². The first-order valence-corrected chi connectivity index (χ1v) is 16.1. The number of aliphatic hydroxyl groups is 2. The van der Waals surface area contributed by atoms with Gasteiger partial charge in [-0.1, -0.05) is 13.8 Å². The topological polar surface area (TPSA) is 302 Å². The molecule has 5 rings (SSSR count). The van der Waals surface area contributed by atoms with Gasteiger partial charge in [-0.15, -0.1) is 0 Å². The third-order valence-corrected chi connectivity index (χ3v) is 9.09. The zero-order chi connectivity index (χ0) is 32.7. The van der Waals surface area contributed by atoms with E-state index in [1.54, 1.807) is 13.8 Å². The Bertz CT molecular complexity index is 1510. The van der Waals surface area contributed by atoms with Crippen molar-refractivity contribution in [2.75, 3.05) is 25.6 Å². The van der Waals surface area contributed by atoms with E-state index in [-0.39, 0.29) is 29.5 Å². The van der Waals surface area contributed by atoms with Crippen molar-refractivity contribution >= 4 is 44.9 Å². The summed E-state index contributed by atoms with van der Waals surface area (Å²) in [5.41, 5.74) is 6.11. The summed E-state index contributed by atoms with van der Waals surface area (Å²) in [5, 5.41) is 20.9. The number of nitrogens with zero attached hydrogens (tertiary/aromatic N) is 4. The quantitative estimate of drug-likeness (QED) is 0.142. The molecule has 0 spiro atoms. The first-order valence-electron chi connectivity index (χ1n) is 13.1. The van der Waals surface area contributed by atoms with Crippen LogP contribution in [-0.2, 0) is 50.9 Å². The third kappa shape index (κ3) is 7.53. The van der Waals surface area contributed by atoms with Crippen LogP contribution in [0.25, 0.3) is 11.2 Å². The number of phosphoric acid groups is 2. The van der Waals surface area contributed by atoms with Gasteiger partial charge in [0, 0.05) is 0 Å². The van der Waals surface area contributed by atoms with Gasteiger partial charge in [0.15, 0.2) is 23.8 Å². The zero-order valence-corrected chi connectivity index (χ0v) is 25.1. The van der Waals surface area contributed by atoms with E-state index < -0.39 is 90.3 Å². The molecule has 0 saturated carbocycles. The van der Waals surface area contributed by atoms with Crippen LogP contribution in [0.2, 0.25) is 0 Å². The van der Waals surface area contributed by atoms with Crippen molar-refractivity contribution < 1.29 is 80.5 Å². The van der Waals surface area contributed by atoms with Gasteiger partial charge >= 0.3 is 28.0 Å². The number of carbonyl (C=O) groups is 2. The average molecular weight is 685 g/mol. The molecule has 0 aliphatic carbocycles. The van der Waals surface area contributed by atoms with Crippen molar-refractivity contribution in [3.63, 3.8) is 0 Å². The molecule has 2 aromatic heterocycles. The Hall–Kier alpha value is -3.01. The molecule has 3 aliphatic heterocycles. The molecule has 3 aliphatic rings. The fourth-order valence-corrected chi connectivity index (χ4v) is 6.56. The van der Waals surface area contributed by atoms with Gasteiger partial charge in [0.1, 0.15) is 36.3 Å². The maximum atomic E-state index is 12.5. The van der Waals surface area contributed by atoms with Crippen LogP contribution in [-0.4, -0.2) is 115 Å². The van der Waals surface area contributed by atoms with E-state index in [9.17, 15) is 38.7 Å². The SMILES string of the molecule is CC(C)COC(=O)O[C@H]1[C@H]2OC(=O)O[C@H]2O[C@@H]1COP(=O)(O)OP(=O)(O)OC[C@H]1O[C@@H](n2cnc3c(N)ncnc32)[C@H](O)[C@@H]1O. The molecule has 5 heterocycles. The summed E-state index contributed by atoms with van der Waals surface area (Å²) in [6.45, 7) is 1.74. The Morgan fingerprint density at radius 1 is 1.04 bits per heavy atom. The van der Waals surface area contributed by atoms with Crippen molar-refractivity contribution in [1.29, 1.82) is 0 Å². The normalized spacial score (nSPS) is 32.1. The number of carbonyl (C=O) groups excluding carboxylic acids is 2. The van der Waals surface area contributed by atoms with Crippen LogP contribution in [0.1, 0.15) is 20.1 Å². The van der Waals surface area contributed by atoms with Crippen LogP contribution in [0.4, 0.5) is 15.4 Å². The Balaban J connectivity index is 1.16. The Morgan fingerprint density at radius 2 is 1.73 bits per heavy atom. The van der Waals surface area contributed by atoms with E-state index in [1.165, 1.54) is 10.9 Å². The molecule has 45 heavy (non-hydrogen) atoms. The van der Waals surface area contributed by atoms with Crippen molar-refractivity contribution in [2.45, 2.75) is 63.0 Å². The Labute approximate surface area is 252 Å². The molecular weight excluding hydrogens is 656 g/mol. The van der Waals surface area contributed by atoms with Gasteiger partial charge in [-0.25, -0.2) is 33.7 Å². The number of aliphatic hydroxyl groups excluding tert-OH is 2. The molecule has 24 heteroatoms. The summed E-state index contributed by atoms with van der Waals surface area (Å²) in [4.78, 5) is 55.6. The van der Waals surface area contributed by atoms with E-state index in [0.29, 0.717) is 0 Å². The number of rotatable bonds is 12. The smallest absolute Gasteiger partial charge is 0.434 e. The predicted octanol–water partition coefficient (Wildman–Crippen LogP) is -0.284. The number of hydrogen-bond donors (Lipinski definition) is 5. The van der Waals surface area contributed by atoms with Crippen LogP contribution in [0.3, 0.4) is 0 Å². The lowest BCUT2D eigenvalue weighted by atomic mass is 10.1. The van der Waals surface area contributed by atoms with E-state index in [1.807, 2.05) is 0 Å². The fraction of sp³-hybridized carbons (Fsp3) is 0.667. The summed E-state index contributed by atoms with van der Waals surface area (Å²) in [6.07, 6.45) is -11.3. The molecule has 3 saturated heterocycles. The zero-order valence-electron chi connectivity index (χ0n) is 23.3. The predicted molar refractivity (Wildman–Crippen MR) is 139 cm³/mol. The minimum Gasteiger partial charge on any atom is -0.434 e. The first-order chi connectivity index (χ1) is 21.1. The first kappa shape index (κ1) is 33.4. The number of nitrogen functional groups attached to an aromatic ring is 1. The summed E-state index contributed by atoms with van der Waals surface area (Å²) in [6, 6.07) is 0. The number of hydrogen-bond acceptors (Lipinski definition) is 19. The summed E-state index contributed by atoms with van der Waals surface area (Å²) >= 11 is 0. The van der Waals surface area contributed by atoms with Gasteiger partial charge < -0.3 is 54.2 Å². The van der Waals surface area contributed by atoms with Crippen LogP contribution < -0.4 is 5.73 Å². The number of imidazole rings is 1. The maximum Gasteiger partial charge on any atom is 0.511 e. The second-order valence-corrected chi connectivity index (χ2v) is 13.3. The molecule has 0 radical (unpaired) electrons. The molecule has 10 atom stereocenters. The van der Waals surface area contributed by atoms with Gasteiger partial charge in [0.05, 0.1) is 26.1 Å². The fourth-order valence-electron chi connectivity index (χ4n) is 4.47. The Morgan fingerprint density at radius 3 is 2.42 bits per heavy atom. The molecule has 0 amide bonds. The van der Waals surface area contributed by atoms with Crippen molar-refractivity contribution in [3.05, 3.63) is 12.7 Å². The highest BCUT2D eigenvalue weighted by Gasteiger charge is 2.57.